The highest BCUT2D eigenvalue weighted by atomic mass is 35.5. The van der Waals surface area contributed by atoms with Crippen molar-refractivity contribution in [1.82, 2.24) is 9.80 Å². The lowest BCUT2D eigenvalue weighted by Crippen LogP contribution is -2.55. The summed E-state index contributed by atoms with van der Waals surface area (Å²) < 4.78 is 5.10. The minimum atomic E-state index is -1.27. The van der Waals surface area contributed by atoms with E-state index in [2.05, 4.69) is 11.0 Å². The molecule has 3 aromatic rings. The van der Waals surface area contributed by atoms with Gasteiger partial charge < -0.3 is 9.64 Å². The molecule has 10 heteroatoms. The first-order chi connectivity index (χ1) is 20.3. The van der Waals surface area contributed by atoms with E-state index in [4.69, 9.17) is 27.9 Å². The van der Waals surface area contributed by atoms with E-state index in [9.17, 15) is 19.6 Å². The number of hydrogen-bond acceptors (Lipinski definition) is 6. The molecule has 216 valence electrons. The number of amides is 3. The number of urea groups is 1. The summed E-state index contributed by atoms with van der Waals surface area (Å²) in [6.07, 6.45) is 0.433. The van der Waals surface area contributed by atoms with Crippen molar-refractivity contribution >= 4 is 46.8 Å². The Morgan fingerprint density at radius 1 is 1.05 bits per heavy atom. The van der Waals surface area contributed by atoms with E-state index in [0.717, 1.165) is 16.0 Å². The second-order valence-corrected chi connectivity index (χ2v) is 11.3. The van der Waals surface area contributed by atoms with Gasteiger partial charge in [-0.3, -0.25) is 14.5 Å². The third-order valence-corrected chi connectivity index (χ3v) is 8.26. The Bertz CT molecular complexity index is 1510. The van der Waals surface area contributed by atoms with Crippen LogP contribution in [0.25, 0.3) is 0 Å². The Morgan fingerprint density at radius 3 is 2.38 bits per heavy atom. The van der Waals surface area contributed by atoms with Gasteiger partial charge in [-0.25, -0.2) is 9.69 Å². The molecule has 8 nitrogen and oxygen atoms in total. The Kier molecular flexibility index (Phi) is 8.83. The average molecular weight is 606 g/mol. The van der Waals surface area contributed by atoms with Gasteiger partial charge in [-0.15, -0.1) is 0 Å². The average Bonchev–Trinajstić information content (AvgIpc) is 3.44. The molecule has 3 amide bonds. The smallest absolute Gasteiger partial charge is 0.332 e. The normalized spacial score (nSPS) is 20.4. The Balaban J connectivity index is 1.59. The number of hydrogen-bond donors (Lipinski definition) is 0. The first-order valence-corrected chi connectivity index (χ1v) is 14.6. The highest BCUT2D eigenvalue weighted by molar-refractivity contribution is 6.35. The van der Waals surface area contributed by atoms with E-state index in [1.165, 1.54) is 0 Å². The summed E-state index contributed by atoms with van der Waals surface area (Å²) in [7, 11) is 0. The molecule has 42 heavy (non-hydrogen) atoms. The molecular weight excluding hydrogens is 575 g/mol. The fraction of sp³-hybridized carbons (Fsp3) is 0.312. The van der Waals surface area contributed by atoms with Crippen molar-refractivity contribution < 1.29 is 19.1 Å². The van der Waals surface area contributed by atoms with Gasteiger partial charge in [0.15, 0.2) is 0 Å². The predicted octanol–water partition coefficient (Wildman–Crippen LogP) is 6.02. The zero-order chi connectivity index (χ0) is 29.9. The minimum Gasteiger partial charge on any atom is -0.466 e. The van der Waals surface area contributed by atoms with Crippen LogP contribution in [-0.4, -0.2) is 59.5 Å². The number of ether oxygens (including phenoxy) is 1. The quantitative estimate of drug-likeness (QED) is 0.219. The molecule has 0 radical (unpaired) electrons. The molecule has 3 aromatic carbocycles. The Labute approximate surface area is 255 Å². The van der Waals surface area contributed by atoms with Gasteiger partial charge in [0.25, 0.3) is 5.91 Å². The molecule has 2 unspecified atom stereocenters. The predicted molar refractivity (Wildman–Crippen MR) is 160 cm³/mol. The molecule has 0 N–H and O–H groups in total. The first kappa shape index (κ1) is 29.6. The maximum atomic E-state index is 14.7. The van der Waals surface area contributed by atoms with Gasteiger partial charge in [-0.2, -0.15) is 5.26 Å². The molecule has 5 rings (SSSR count). The molecule has 2 saturated heterocycles. The van der Waals surface area contributed by atoms with Crippen LogP contribution in [0.2, 0.25) is 10.0 Å². The first-order valence-electron chi connectivity index (χ1n) is 13.8. The highest BCUT2D eigenvalue weighted by Crippen LogP contribution is 2.47. The van der Waals surface area contributed by atoms with E-state index >= 15 is 0 Å². The highest BCUT2D eigenvalue weighted by Gasteiger charge is 2.65. The van der Waals surface area contributed by atoms with Crippen LogP contribution in [0, 0.1) is 11.3 Å². The van der Waals surface area contributed by atoms with Gasteiger partial charge in [0.05, 0.1) is 23.9 Å². The van der Waals surface area contributed by atoms with Crippen molar-refractivity contribution in [2.75, 3.05) is 31.1 Å². The molecule has 0 aliphatic carbocycles. The van der Waals surface area contributed by atoms with Crippen LogP contribution < -0.4 is 4.90 Å². The monoisotopic (exact) mass is 604 g/mol. The van der Waals surface area contributed by atoms with Crippen molar-refractivity contribution in [3.05, 3.63) is 99.5 Å². The fourth-order valence-electron chi connectivity index (χ4n) is 6.04. The van der Waals surface area contributed by atoms with E-state index in [1.54, 1.807) is 42.2 Å². The molecule has 0 bridgehead atoms. The lowest BCUT2D eigenvalue weighted by Gasteiger charge is -2.36. The maximum absolute atomic E-state index is 14.7. The van der Waals surface area contributed by atoms with Crippen molar-refractivity contribution in [2.24, 2.45) is 0 Å². The number of likely N-dealkylation sites (tertiary alicyclic amines) is 1. The van der Waals surface area contributed by atoms with E-state index < -0.39 is 17.5 Å². The molecule has 1 spiro atoms. The summed E-state index contributed by atoms with van der Waals surface area (Å²) in [5.74, 6) is -1.15. The van der Waals surface area contributed by atoms with Gasteiger partial charge in [-0.1, -0.05) is 65.7 Å². The van der Waals surface area contributed by atoms with Gasteiger partial charge in [0.1, 0.15) is 5.54 Å². The van der Waals surface area contributed by atoms with Crippen LogP contribution in [0.3, 0.4) is 0 Å². The number of esters is 1. The van der Waals surface area contributed by atoms with E-state index in [1.807, 2.05) is 42.5 Å². The van der Waals surface area contributed by atoms with Gasteiger partial charge in [0, 0.05) is 48.6 Å². The number of anilines is 1. The minimum absolute atomic E-state index is 0.111. The molecule has 0 aromatic heterocycles. The number of nitriles is 1. The zero-order valence-corrected chi connectivity index (χ0v) is 24.6. The zero-order valence-electron chi connectivity index (χ0n) is 23.1. The van der Waals surface area contributed by atoms with Crippen LogP contribution in [0.5, 0.6) is 0 Å². The van der Waals surface area contributed by atoms with E-state index in [-0.39, 0.29) is 43.7 Å². The van der Waals surface area contributed by atoms with E-state index in [0.29, 0.717) is 35.1 Å². The van der Waals surface area contributed by atoms with Crippen LogP contribution in [0.4, 0.5) is 10.5 Å². The molecule has 2 fully saturated rings. The third kappa shape index (κ3) is 5.73. The molecule has 2 aliphatic rings. The summed E-state index contributed by atoms with van der Waals surface area (Å²) in [6, 6.07) is 23.4. The second kappa shape index (κ2) is 12.5. The number of carbonyl (C=O) groups excluding carboxylic acids is 3. The SMILES string of the molecule is CCOC(=O)CCCN1C(=O)N(c2cc(Cl)cc(Cl)c2)C(=O)C12CN(Cc1ccccc1)CC2c1ccc(C#N)cc1. The standard InChI is InChI=1S/C32H30Cl2N4O4/c1-2-42-29(39)9-6-14-37-31(41)38(27-16-25(33)15-26(34)17-27)30(40)32(37)21-36(19-23-7-4-3-5-8-23)20-28(32)24-12-10-22(18-35)11-13-24/h3-5,7-8,10-13,15-17,28H,2,6,9,14,19-21H2,1H3. The molecule has 2 heterocycles. The maximum Gasteiger partial charge on any atom is 0.332 e. The van der Waals surface area contributed by atoms with Gasteiger partial charge in [0.2, 0.25) is 0 Å². The van der Waals surface area contributed by atoms with Crippen LogP contribution in [-0.2, 0) is 20.9 Å². The summed E-state index contributed by atoms with van der Waals surface area (Å²) in [5, 5.41) is 9.98. The lowest BCUT2D eigenvalue weighted by molar-refractivity contribution is -0.143. The van der Waals surface area contributed by atoms with Crippen molar-refractivity contribution in [2.45, 2.75) is 37.8 Å². The largest absolute Gasteiger partial charge is 0.466 e. The van der Waals surface area contributed by atoms with Crippen LogP contribution >= 0.6 is 23.2 Å². The Hall–Kier alpha value is -3.90. The van der Waals surface area contributed by atoms with Crippen molar-refractivity contribution in [3.8, 4) is 6.07 Å². The fourth-order valence-corrected chi connectivity index (χ4v) is 6.56. The van der Waals surface area contributed by atoms with Gasteiger partial charge >= 0.3 is 12.0 Å². The summed E-state index contributed by atoms with van der Waals surface area (Å²) in [4.78, 5) is 46.0. The number of imide groups is 1. The van der Waals surface area contributed by atoms with Gasteiger partial charge in [-0.05, 0) is 54.8 Å². The molecule has 2 atom stereocenters. The summed E-state index contributed by atoms with van der Waals surface area (Å²) in [5.41, 5.74) is 1.44. The Morgan fingerprint density at radius 2 is 1.74 bits per heavy atom. The molecule has 2 aliphatic heterocycles. The second-order valence-electron chi connectivity index (χ2n) is 10.5. The summed E-state index contributed by atoms with van der Waals surface area (Å²) >= 11 is 12.6. The van der Waals surface area contributed by atoms with Crippen molar-refractivity contribution in [3.63, 3.8) is 0 Å². The van der Waals surface area contributed by atoms with Crippen LogP contribution in [0.1, 0.15) is 42.4 Å². The number of benzene rings is 3. The van der Waals surface area contributed by atoms with Crippen LogP contribution in [0.15, 0.2) is 72.8 Å². The molecule has 0 saturated carbocycles. The number of halogens is 2. The topological polar surface area (TPSA) is 93.9 Å². The third-order valence-electron chi connectivity index (χ3n) is 7.82. The number of rotatable bonds is 9. The summed E-state index contributed by atoms with van der Waals surface area (Å²) in [6.45, 7) is 3.53. The van der Waals surface area contributed by atoms with Crippen molar-refractivity contribution in [1.29, 1.82) is 5.26 Å². The molecular formula is C32H30Cl2N4O4. The lowest BCUT2D eigenvalue weighted by atomic mass is 9.80. The number of nitrogens with zero attached hydrogens (tertiary/aromatic N) is 4. The number of carbonyl (C=O) groups is 3.